The maximum Gasteiger partial charge on any atom is 0.133 e. The van der Waals surface area contributed by atoms with Crippen LogP contribution < -0.4 is 11.1 Å². The molecule has 0 spiro atoms. The summed E-state index contributed by atoms with van der Waals surface area (Å²) in [7, 11) is 0. The number of H-pyrrole nitrogens is 1. The number of anilines is 1. The molecule has 0 radical (unpaired) electrons. The number of fused-ring (bicyclic) bond motifs is 1. The highest BCUT2D eigenvalue weighted by Gasteiger charge is 2.22. The van der Waals surface area contributed by atoms with Crippen LogP contribution in [0, 0.1) is 11.3 Å². The van der Waals surface area contributed by atoms with Crippen molar-refractivity contribution in [1.29, 1.82) is 5.26 Å². The van der Waals surface area contributed by atoms with Gasteiger partial charge in [0.05, 0.1) is 27.5 Å². The summed E-state index contributed by atoms with van der Waals surface area (Å²) < 4.78 is 0.869. The predicted molar refractivity (Wildman–Crippen MR) is 114 cm³/mol. The molecular formula is C21H19N7S. The average Bonchev–Trinajstić information content (AvgIpc) is 3.42. The van der Waals surface area contributed by atoms with Crippen LogP contribution in [-0.2, 0) is 0 Å². The Morgan fingerprint density at radius 3 is 2.86 bits per heavy atom. The number of nitrogens with zero attached hydrogens (tertiary/aromatic N) is 4. The summed E-state index contributed by atoms with van der Waals surface area (Å²) in [5, 5.41) is 21.0. The van der Waals surface area contributed by atoms with E-state index in [-0.39, 0.29) is 0 Å². The second-order valence-corrected chi connectivity index (χ2v) is 8.16. The number of hydrogen-bond acceptors (Lipinski definition) is 7. The van der Waals surface area contributed by atoms with E-state index in [2.05, 4.69) is 26.6 Å². The molecule has 0 amide bonds. The number of nitriles is 1. The van der Waals surface area contributed by atoms with E-state index in [9.17, 15) is 5.26 Å². The van der Waals surface area contributed by atoms with Crippen LogP contribution in [0.2, 0.25) is 0 Å². The van der Waals surface area contributed by atoms with Gasteiger partial charge < -0.3 is 11.1 Å². The van der Waals surface area contributed by atoms with Gasteiger partial charge in [0.25, 0.3) is 0 Å². The van der Waals surface area contributed by atoms with Gasteiger partial charge in [-0.05, 0) is 44.1 Å². The molecule has 4 N–H and O–H groups in total. The second-order valence-electron chi connectivity index (χ2n) is 7.16. The second kappa shape index (κ2) is 7.28. The Balaban J connectivity index is 1.59. The van der Waals surface area contributed by atoms with E-state index < -0.39 is 0 Å². The van der Waals surface area contributed by atoms with Crippen LogP contribution >= 0.6 is 11.3 Å². The molecule has 1 fully saturated rings. The molecule has 8 heteroatoms. The summed E-state index contributed by atoms with van der Waals surface area (Å²) in [6.45, 7) is 2.03. The van der Waals surface area contributed by atoms with Crippen LogP contribution in [0.5, 0.6) is 0 Å². The smallest absolute Gasteiger partial charge is 0.133 e. The summed E-state index contributed by atoms with van der Waals surface area (Å²) in [4.78, 5) is 9.14. The van der Waals surface area contributed by atoms with Crippen LogP contribution in [0.1, 0.15) is 30.0 Å². The van der Waals surface area contributed by atoms with Crippen LogP contribution in [-0.4, -0.2) is 33.3 Å². The Hall–Kier alpha value is -3.28. The van der Waals surface area contributed by atoms with E-state index in [1.165, 1.54) is 11.3 Å². The molecule has 1 aliphatic rings. The fourth-order valence-corrected chi connectivity index (χ4v) is 4.95. The van der Waals surface area contributed by atoms with Gasteiger partial charge in [-0.1, -0.05) is 6.07 Å². The quantitative estimate of drug-likeness (QED) is 0.482. The molecule has 0 saturated carbocycles. The molecule has 1 aliphatic heterocycles. The van der Waals surface area contributed by atoms with Crippen molar-refractivity contribution >= 4 is 27.4 Å². The van der Waals surface area contributed by atoms with E-state index >= 15 is 0 Å². The van der Waals surface area contributed by atoms with Gasteiger partial charge in [-0.2, -0.15) is 10.4 Å². The number of rotatable bonds is 3. The first kappa shape index (κ1) is 17.8. The molecule has 0 unspecified atom stereocenters. The summed E-state index contributed by atoms with van der Waals surface area (Å²) in [6.07, 6.45) is 5.82. The molecule has 5 rings (SSSR count). The maximum absolute atomic E-state index is 9.37. The van der Waals surface area contributed by atoms with Crippen LogP contribution in [0.4, 0.5) is 5.82 Å². The topological polar surface area (TPSA) is 116 Å². The zero-order valence-corrected chi connectivity index (χ0v) is 16.5. The lowest BCUT2D eigenvalue weighted by Gasteiger charge is -2.22. The molecule has 1 aromatic carbocycles. The highest BCUT2D eigenvalue weighted by Crippen LogP contribution is 2.38. The standard InChI is InChI=1S/C21H19N7S/c22-9-13-2-1-3-17-19(13)29-21(27-17)15-8-14(10-25-20(15)23)16-11-26-28-18(16)12-4-6-24-7-5-12/h1-3,8,10-12,24H,4-7H2,(H2,23,25)(H,26,28). The summed E-state index contributed by atoms with van der Waals surface area (Å²) in [5.41, 5.74) is 11.6. The van der Waals surface area contributed by atoms with Gasteiger partial charge in [0.1, 0.15) is 16.9 Å². The maximum atomic E-state index is 9.37. The Kier molecular flexibility index (Phi) is 4.46. The van der Waals surface area contributed by atoms with Gasteiger partial charge in [-0.3, -0.25) is 5.10 Å². The van der Waals surface area contributed by atoms with Crippen molar-refractivity contribution < 1.29 is 0 Å². The lowest BCUT2D eigenvalue weighted by Crippen LogP contribution is -2.27. The number of hydrogen-bond donors (Lipinski definition) is 3. The van der Waals surface area contributed by atoms with Gasteiger partial charge in [0, 0.05) is 28.9 Å². The monoisotopic (exact) mass is 401 g/mol. The van der Waals surface area contributed by atoms with Crippen molar-refractivity contribution in [3.8, 4) is 27.8 Å². The number of aromatic nitrogens is 4. The number of nitrogen functional groups attached to an aromatic ring is 1. The Labute approximate surface area is 171 Å². The third kappa shape index (κ3) is 3.14. The number of aromatic amines is 1. The highest BCUT2D eigenvalue weighted by molar-refractivity contribution is 7.22. The van der Waals surface area contributed by atoms with Gasteiger partial charge in [0.2, 0.25) is 0 Å². The van der Waals surface area contributed by atoms with E-state index in [1.54, 1.807) is 12.3 Å². The molecule has 0 atom stereocenters. The molecule has 0 bridgehead atoms. The van der Waals surface area contributed by atoms with Crippen molar-refractivity contribution in [3.05, 3.63) is 47.9 Å². The Morgan fingerprint density at radius 2 is 2.03 bits per heavy atom. The Morgan fingerprint density at radius 1 is 1.17 bits per heavy atom. The number of piperidine rings is 1. The zero-order chi connectivity index (χ0) is 19.8. The van der Waals surface area contributed by atoms with E-state index in [0.717, 1.165) is 63.5 Å². The largest absolute Gasteiger partial charge is 0.383 e. The summed E-state index contributed by atoms with van der Waals surface area (Å²) in [6, 6.07) is 9.82. The normalized spacial score (nSPS) is 14.9. The van der Waals surface area contributed by atoms with Gasteiger partial charge in [0.15, 0.2) is 0 Å². The molecule has 1 saturated heterocycles. The van der Waals surface area contributed by atoms with Crippen LogP contribution in [0.3, 0.4) is 0 Å². The SMILES string of the molecule is N#Cc1cccc2nc(-c3cc(-c4cn[nH]c4C4CCNCC4)cnc3N)sc12. The van der Waals surface area contributed by atoms with E-state index in [0.29, 0.717) is 17.3 Å². The molecule has 144 valence electrons. The van der Waals surface area contributed by atoms with Crippen molar-refractivity contribution in [2.45, 2.75) is 18.8 Å². The summed E-state index contributed by atoms with van der Waals surface area (Å²) >= 11 is 1.47. The highest BCUT2D eigenvalue weighted by atomic mass is 32.1. The van der Waals surface area contributed by atoms with Crippen molar-refractivity contribution in [2.75, 3.05) is 18.8 Å². The minimum atomic E-state index is 0.429. The molecule has 7 nitrogen and oxygen atoms in total. The van der Waals surface area contributed by atoms with Gasteiger partial charge in [-0.15, -0.1) is 11.3 Å². The molecule has 0 aliphatic carbocycles. The molecule has 29 heavy (non-hydrogen) atoms. The van der Waals surface area contributed by atoms with Crippen molar-refractivity contribution in [2.24, 2.45) is 0 Å². The van der Waals surface area contributed by atoms with E-state index in [1.807, 2.05) is 24.4 Å². The number of pyridine rings is 1. The Bertz CT molecular complexity index is 1230. The third-order valence-corrected chi connectivity index (χ3v) is 6.55. The number of nitrogens with one attached hydrogen (secondary N) is 2. The minimum Gasteiger partial charge on any atom is -0.383 e. The van der Waals surface area contributed by atoms with Gasteiger partial charge in [-0.25, -0.2) is 9.97 Å². The number of benzene rings is 1. The fourth-order valence-electron chi connectivity index (χ4n) is 3.89. The fraction of sp³-hybridized carbons (Fsp3) is 0.238. The van der Waals surface area contributed by atoms with E-state index in [4.69, 9.17) is 10.7 Å². The first-order valence-electron chi connectivity index (χ1n) is 9.54. The number of nitrogens with two attached hydrogens (primary N) is 1. The molecule has 3 aromatic heterocycles. The minimum absolute atomic E-state index is 0.429. The lowest BCUT2D eigenvalue weighted by molar-refractivity contribution is 0.453. The third-order valence-electron chi connectivity index (χ3n) is 5.41. The first-order valence-corrected chi connectivity index (χ1v) is 10.4. The first-order chi connectivity index (χ1) is 14.2. The summed E-state index contributed by atoms with van der Waals surface area (Å²) in [5.74, 6) is 0.883. The average molecular weight is 401 g/mol. The lowest BCUT2D eigenvalue weighted by atomic mass is 9.90. The predicted octanol–water partition coefficient (Wildman–Crippen LogP) is 3.67. The molecular weight excluding hydrogens is 382 g/mol. The van der Waals surface area contributed by atoms with Crippen LogP contribution in [0.25, 0.3) is 31.9 Å². The zero-order valence-electron chi connectivity index (χ0n) is 15.6. The van der Waals surface area contributed by atoms with Crippen LogP contribution in [0.15, 0.2) is 36.7 Å². The molecule has 4 aromatic rings. The van der Waals surface area contributed by atoms with Gasteiger partial charge >= 0.3 is 0 Å². The molecule has 4 heterocycles. The number of thiazole rings is 1. The van der Waals surface area contributed by atoms with Crippen molar-refractivity contribution in [3.63, 3.8) is 0 Å². The van der Waals surface area contributed by atoms with Crippen molar-refractivity contribution in [1.82, 2.24) is 25.5 Å².